The third kappa shape index (κ3) is 2.23. The number of ether oxygens (including phenoxy) is 1. The molecule has 0 unspecified atom stereocenters. The van der Waals surface area contributed by atoms with Crippen molar-refractivity contribution in [3.8, 4) is 0 Å². The summed E-state index contributed by atoms with van der Waals surface area (Å²) in [6, 6.07) is 1.46. The fraction of sp³-hybridized carbons (Fsp3) is 0.333. The van der Waals surface area contributed by atoms with Gasteiger partial charge < -0.3 is 9.15 Å². The van der Waals surface area contributed by atoms with Crippen molar-refractivity contribution in [2.45, 2.75) is 13.8 Å². The Hall–Kier alpha value is -1.10. The van der Waals surface area contributed by atoms with Gasteiger partial charge in [-0.2, -0.15) is 0 Å². The van der Waals surface area contributed by atoms with E-state index in [1.54, 1.807) is 13.8 Å². The lowest BCUT2D eigenvalue weighted by Crippen LogP contribution is -2.11. The van der Waals surface area contributed by atoms with Gasteiger partial charge in [-0.05, 0) is 41.4 Å². The largest absolute Gasteiger partial charge is 0.460 e. The highest BCUT2D eigenvalue weighted by molar-refractivity contribution is 9.10. The molecule has 1 aromatic rings. The van der Waals surface area contributed by atoms with E-state index in [0.29, 0.717) is 10.0 Å². The Morgan fingerprint density at radius 1 is 1.64 bits per heavy atom. The maximum absolute atomic E-state index is 11.2. The first-order chi connectivity index (χ1) is 6.56. The minimum Gasteiger partial charge on any atom is -0.460 e. The first kappa shape index (κ1) is 11.0. The maximum atomic E-state index is 11.2. The van der Waals surface area contributed by atoms with Crippen molar-refractivity contribution in [2.75, 3.05) is 6.61 Å². The van der Waals surface area contributed by atoms with Gasteiger partial charge in [0.15, 0.2) is 0 Å². The second-order valence-corrected chi connectivity index (χ2v) is 3.41. The standard InChI is InChI=1S/C9H9BrO4/c1-3-13-8(11)6-4-5(2)7(10)9(12)14-6/h4H,3H2,1-2H3. The van der Waals surface area contributed by atoms with Crippen molar-refractivity contribution in [1.29, 1.82) is 0 Å². The van der Waals surface area contributed by atoms with Crippen molar-refractivity contribution in [3.05, 3.63) is 32.3 Å². The number of halogens is 1. The molecule has 0 fully saturated rings. The fourth-order valence-corrected chi connectivity index (χ4v) is 1.09. The van der Waals surface area contributed by atoms with Crippen molar-refractivity contribution >= 4 is 21.9 Å². The number of rotatable bonds is 2. The van der Waals surface area contributed by atoms with E-state index in [1.807, 2.05) is 0 Å². The van der Waals surface area contributed by atoms with E-state index in [9.17, 15) is 9.59 Å². The zero-order valence-corrected chi connectivity index (χ0v) is 9.38. The lowest BCUT2D eigenvalue weighted by Gasteiger charge is -2.01. The number of hydrogen-bond acceptors (Lipinski definition) is 4. The van der Waals surface area contributed by atoms with Crippen LogP contribution in [0, 0.1) is 6.92 Å². The summed E-state index contributed by atoms with van der Waals surface area (Å²) in [6.45, 7) is 3.63. The van der Waals surface area contributed by atoms with Crippen LogP contribution >= 0.6 is 15.9 Å². The lowest BCUT2D eigenvalue weighted by molar-refractivity contribution is 0.0484. The normalized spacial score (nSPS) is 9.93. The minimum atomic E-state index is -0.625. The predicted molar refractivity (Wildman–Crippen MR) is 53.4 cm³/mol. The van der Waals surface area contributed by atoms with E-state index in [4.69, 9.17) is 9.15 Å². The molecule has 4 nitrogen and oxygen atoms in total. The van der Waals surface area contributed by atoms with E-state index in [-0.39, 0.29) is 12.4 Å². The molecule has 0 spiro atoms. The topological polar surface area (TPSA) is 56.5 Å². The summed E-state index contributed by atoms with van der Waals surface area (Å²) in [5.41, 5.74) is 0.0670. The van der Waals surface area contributed by atoms with E-state index in [2.05, 4.69) is 15.9 Å². The molecule has 0 aliphatic carbocycles. The highest BCUT2D eigenvalue weighted by Gasteiger charge is 2.13. The molecule has 0 aliphatic heterocycles. The fourth-order valence-electron chi connectivity index (χ4n) is 0.898. The van der Waals surface area contributed by atoms with Gasteiger partial charge in [0.2, 0.25) is 5.76 Å². The van der Waals surface area contributed by atoms with Crippen molar-refractivity contribution in [1.82, 2.24) is 0 Å². The van der Waals surface area contributed by atoms with Crippen molar-refractivity contribution in [3.63, 3.8) is 0 Å². The molecule has 0 bridgehead atoms. The van der Waals surface area contributed by atoms with Gasteiger partial charge in [0, 0.05) is 0 Å². The van der Waals surface area contributed by atoms with Gasteiger partial charge >= 0.3 is 11.6 Å². The van der Waals surface area contributed by atoms with Crippen LogP contribution in [0.15, 0.2) is 19.8 Å². The Bertz CT molecular complexity index is 408. The van der Waals surface area contributed by atoms with Crippen LogP contribution in [-0.4, -0.2) is 12.6 Å². The van der Waals surface area contributed by atoms with Gasteiger partial charge in [0.25, 0.3) is 0 Å². The van der Waals surface area contributed by atoms with Gasteiger partial charge in [-0.1, -0.05) is 0 Å². The Morgan fingerprint density at radius 2 is 2.29 bits per heavy atom. The average molecular weight is 261 g/mol. The molecular weight excluding hydrogens is 252 g/mol. The summed E-state index contributed by atoms with van der Waals surface area (Å²) in [4.78, 5) is 22.3. The van der Waals surface area contributed by atoms with Gasteiger partial charge in [-0.25, -0.2) is 9.59 Å². The molecule has 14 heavy (non-hydrogen) atoms. The van der Waals surface area contributed by atoms with E-state index < -0.39 is 11.6 Å². The molecule has 0 aliphatic rings. The summed E-state index contributed by atoms with van der Waals surface area (Å²) in [7, 11) is 0. The van der Waals surface area contributed by atoms with Crippen LogP contribution in [0.25, 0.3) is 0 Å². The third-order valence-corrected chi connectivity index (χ3v) is 2.50. The summed E-state index contributed by atoms with van der Waals surface area (Å²) < 4.78 is 9.74. The lowest BCUT2D eigenvalue weighted by atomic mass is 10.3. The molecule has 0 radical (unpaired) electrons. The zero-order valence-electron chi connectivity index (χ0n) is 7.80. The van der Waals surface area contributed by atoms with E-state index in [1.165, 1.54) is 6.07 Å². The Balaban J connectivity index is 3.13. The number of carbonyl (C=O) groups excluding carboxylic acids is 1. The number of esters is 1. The molecular formula is C9H9BrO4. The maximum Gasteiger partial charge on any atom is 0.374 e. The highest BCUT2D eigenvalue weighted by Crippen LogP contribution is 2.12. The smallest absolute Gasteiger partial charge is 0.374 e. The molecule has 1 aromatic heterocycles. The van der Waals surface area contributed by atoms with E-state index in [0.717, 1.165) is 0 Å². The predicted octanol–water partition coefficient (Wildman–Crippen LogP) is 1.89. The molecule has 0 aromatic carbocycles. The van der Waals surface area contributed by atoms with Crippen LogP contribution in [-0.2, 0) is 4.74 Å². The highest BCUT2D eigenvalue weighted by atomic mass is 79.9. The third-order valence-electron chi connectivity index (χ3n) is 1.55. The average Bonchev–Trinajstić information content (AvgIpc) is 2.13. The second kappa shape index (κ2) is 4.41. The van der Waals surface area contributed by atoms with Crippen molar-refractivity contribution in [2.24, 2.45) is 0 Å². The first-order valence-corrected chi connectivity index (χ1v) is 4.83. The molecule has 0 atom stereocenters. The molecule has 1 heterocycles. The molecule has 0 amide bonds. The summed E-state index contributed by atoms with van der Waals surface area (Å²) >= 11 is 3.04. The van der Waals surface area contributed by atoms with Crippen LogP contribution < -0.4 is 5.63 Å². The van der Waals surface area contributed by atoms with Crippen LogP contribution in [0.2, 0.25) is 0 Å². The van der Waals surface area contributed by atoms with Gasteiger partial charge in [-0.15, -0.1) is 0 Å². The molecule has 0 N–H and O–H groups in total. The molecule has 1 rings (SSSR count). The van der Waals surface area contributed by atoms with E-state index >= 15 is 0 Å². The van der Waals surface area contributed by atoms with Crippen LogP contribution in [0.1, 0.15) is 23.0 Å². The summed E-state index contributed by atoms with van der Waals surface area (Å²) in [5.74, 6) is -0.697. The number of carbonyl (C=O) groups is 1. The van der Waals surface area contributed by atoms with Gasteiger partial charge in [0.05, 0.1) is 6.61 Å². The second-order valence-electron chi connectivity index (χ2n) is 2.62. The first-order valence-electron chi connectivity index (χ1n) is 4.03. The summed E-state index contributed by atoms with van der Waals surface area (Å²) in [6.07, 6.45) is 0. The monoisotopic (exact) mass is 260 g/mol. The van der Waals surface area contributed by atoms with Gasteiger partial charge in [0.1, 0.15) is 4.47 Å². The molecule has 5 heteroatoms. The number of aryl methyl sites for hydroxylation is 1. The zero-order chi connectivity index (χ0) is 10.7. The summed E-state index contributed by atoms with van der Waals surface area (Å²) in [5, 5.41) is 0. The number of hydrogen-bond donors (Lipinski definition) is 0. The van der Waals surface area contributed by atoms with Crippen LogP contribution in [0.5, 0.6) is 0 Å². The Morgan fingerprint density at radius 3 is 2.79 bits per heavy atom. The Kier molecular flexibility index (Phi) is 3.46. The van der Waals surface area contributed by atoms with Gasteiger partial charge in [-0.3, -0.25) is 0 Å². The molecule has 76 valence electrons. The molecule has 0 saturated carbocycles. The SMILES string of the molecule is CCOC(=O)c1cc(C)c(Br)c(=O)o1. The molecule has 0 saturated heterocycles. The van der Waals surface area contributed by atoms with Crippen LogP contribution in [0.4, 0.5) is 0 Å². The Labute approximate surface area is 89.0 Å². The quantitative estimate of drug-likeness (QED) is 0.763. The minimum absolute atomic E-state index is 0.0717. The van der Waals surface area contributed by atoms with Crippen molar-refractivity contribution < 1.29 is 13.9 Å². The van der Waals surface area contributed by atoms with Crippen LogP contribution in [0.3, 0.4) is 0 Å².